The van der Waals surface area contributed by atoms with Gasteiger partial charge in [-0.2, -0.15) is 0 Å². The summed E-state index contributed by atoms with van der Waals surface area (Å²) in [7, 11) is 3.63. The van der Waals surface area contributed by atoms with Crippen molar-refractivity contribution in [1.82, 2.24) is 9.97 Å². The fraction of sp³-hybridized carbons (Fsp3) is 0.714. The standard InChI is InChI=1S/C14H26N4O/c1-6-8-12-16-13(15-4)11(3)14(17-12)18(7-2)9-10-19-5/h6-10H2,1-5H3,(H,15,16,17). The third-order valence-corrected chi connectivity index (χ3v) is 3.12. The van der Waals surface area contributed by atoms with E-state index in [9.17, 15) is 0 Å². The molecule has 1 N–H and O–H groups in total. The first-order valence-corrected chi connectivity index (χ1v) is 6.97. The monoisotopic (exact) mass is 266 g/mol. The Bertz CT molecular complexity index is 395. The van der Waals surface area contributed by atoms with Gasteiger partial charge in [-0.3, -0.25) is 0 Å². The van der Waals surface area contributed by atoms with Gasteiger partial charge >= 0.3 is 0 Å². The number of ether oxygens (including phenoxy) is 1. The Morgan fingerprint density at radius 3 is 2.53 bits per heavy atom. The number of hydrogen-bond donors (Lipinski definition) is 1. The van der Waals surface area contributed by atoms with Crippen molar-refractivity contribution in [3.05, 3.63) is 11.4 Å². The summed E-state index contributed by atoms with van der Waals surface area (Å²) < 4.78 is 5.17. The molecule has 0 fully saturated rings. The van der Waals surface area contributed by atoms with E-state index in [2.05, 4.69) is 36.0 Å². The van der Waals surface area contributed by atoms with Crippen molar-refractivity contribution in [3.8, 4) is 0 Å². The van der Waals surface area contributed by atoms with Crippen molar-refractivity contribution >= 4 is 11.6 Å². The van der Waals surface area contributed by atoms with Gasteiger partial charge in [0.05, 0.1) is 6.61 Å². The molecule has 5 heteroatoms. The number of aryl methyl sites for hydroxylation is 1. The Balaban J connectivity index is 3.10. The molecule has 1 aromatic heterocycles. The average Bonchev–Trinajstić information content (AvgIpc) is 2.42. The zero-order chi connectivity index (χ0) is 14.3. The first-order chi connectivity index (χ1) is 9.17. The van der Waals surface area contributed by atoms with Crippen LogP contribution in [0.15, 0.2) is 0 Å². The Labute approximate surface area is 116 Å². The summed E-state index contributed by atoms with van der Waals surface area (Å²) in [6.45, 7) is 8.80. The first-order valence-electron chi connectivity index (χ1n) is 6.97. The van der Waals surface area contributed by atoms with E-state index in [1.54, 1.807) is 7.11 Å². The van der Waals surface area contributed by atoms with Crippen molar-refractivity contribution < 1.29 is 4.74 Å². The van der Waals surface area contributed by atoms with Gasteiger partial charge in [-0.15, -0.1) is 0 Å². The molecular weight excluding hydrogens is 240 g/mol. The highest BCUT2D eigenvalue weighted by Gasteiger charge is 2.14. The summed E-state index contributed by atoms with van der Waals surface area (Å²) in [6, 6.07) is 0. The Morgan fingerprint density at radius 2 is 2.00 bits per heavy atom. The van der Waals surface area contributed by atoms with E-state index in [1.165, 1.54) is 0 Å². The summed E-state index contributed by atoms with van der Waals surface area (Å²) in [5, 5.41) is 3.16. The van der Waals surface area contributed by atoms with E-state index in [4.69, 9.17) is 9.72 Å². The van der Waals surface area contributed by atoms with Crippen LogP contribution in [-0.2, 0) is 11.2 Å². The molecule has 0 aliphatic carbocycles. The smallest absolute Gasteiger partial charge is 0.137 e. The largest absolute Gasteiger partial charge is 0.383 e. The summed E-state index contributed by atoms with van der Waals surface area (Å²) >= 11 is 0. The topological polar surface area (TPSA) is 50.3 Å². The predicted molar refractivity (Wildman–Crippen MR) is 80.1 cm³/mol. The molecule has 0 unspecified atom stereocenters. The molecule has 0 aliphatic heterocycles. The van der Waals surface area contributed by atoms with E-state index in [1.807, 2.05) is 7.05 Å². The van der Waals surface area contributed by atoms with Crippen LogP contribution < -0.4 is 10.2 Å². The molecule has 0 spiro atoms. The molecule has 1 heterocycles. The number of anilines is 2. The van der Waals surface area contributed by atoms with Gasteiger partial charge in [0.15, 0.2) is 0 Å². The number of methoxy groups -OCH3 is 1. The van der Waals surface area contributed by atoms with Crippen molar-refractivity contribution in [2.45, 2.75) is 33.6 Å². The maximum absolute atomic E-state index is 5.17. The Hall–Kier alpha value is -1.36. The van der Waals surface area contributed by atoms with Gasteiger partial charge in [-0.25, -0.2) is 9.97 Å². The highest BCUT2D eigenvalue weighted by molar-refractivity contribution is 5.58. The fourth-order valence-corrected chi connectivity index (χ4v) is 2.05. The lowest BCUT2D eigenvalue weighted by Gasteiger charge is -2.24. The van der Waals surface area contributed by atoms with E-state index < -0.39 is 0 Å². The van der Waals surface area contributed by atoms with Gasteiger partial charge in [0.25, 0.3) is 0 Å². The highest BCUT2D eigenvalue weighted by Crippen LogP contribution is 2.23. The molecule has 0 aliphatic rings. The third kappa shape index (κ3) is 4.06. The van der Waals surface area contributed by atoms with Crippen molar-refractivity contribution in [1.29, 1.82) is 0 Å². The summed E-state index contributed by atoms with van der Waals surface area (Å²) in [5.74, 6) is 2.84. The van der Waals surface area contributed by atoms with Gasteiger partial charge < -0.3 is 15.0 Å². The van der Waals surface area contributed by atoms with Crippen LogP contribution in [-0.4, -0.2) is 43.8 Å². The van der Waals surface area contributed by atoms with Gasteiger partial charge in [0, 0.05) is 39.2 Å². The lowest BCUT2D eigenvalue weighted by atomic mass is 10.2. The van der Waals surface area contributed by atoms with Crippen LogP contribution in [0.3, 0.4) is 0 Å². The normalized spacial score (nSPS) is 10.6. The molecule has 1 aromatic rings. The predicted octanol–water partition coefficient (Wildman–Crippen LogP) is 2.25. The SMILES string of the molecule is CCCc1nc(NC)c(C)c(N(CC)CCOC)n1. The van der Waals surface area contributed by atoms with Gasteiger partial charge in [0.1, 0.15) is 17.5 Å². The Kier molecular flexibility index (Phi) is 6.56. The van der Waals surface area contributed by atoms with Crippen LogP contribution in [0, 0.1) is 6.92 Å². The van der Waals surface area contributed by atoms with Crippen LogP contribution in [0.1, 0.15) is 31.7 Å². The summed E-state index contributed by atoms with van der Waals surface area (Å²) in [5.41, 5.74) is 1.10. The molecule has 0 bridgehead atoms. The lowest BCUT2D eigenvalue weighted by Crippen LogP contribution is -2.29. The molecule has 0 saturated carbocycles. The van der Waals surface area contributed by atoms with E-state index in [0.29, 0.717) is 6.61 Å². The van der Waals surface area contributed by atoms with Crippen molar-refractivity contribution in [2.75, 3.05) is 44.1 Å². The fourth-order valence-electron chi connectivity index (χ4n) is 2.05. The molecule has 1 rings (SSSR count). The van der Waals surface area contributed by atoms with E-state index >= 15 is 0 Å². The second kappa shape index (κ2) is 7.94. The number of likely N-dealkylation sites (N-methyl/N-ethyl adjacent to an activating group) is 1. The molecule has 0 aromatic carbocycles. The molecule has 5 nitrogen and oxygen atoms in total. The number of nitrogens with zero attached hydrogens (tertiary/aromatic N) is 3. The average molecular weight is 266 g/mol. The van der Waals surface area contributed by atoms with Gasteiger partial charge in [-0.05, 0) is 20.3 Å². The van der Waals surface area contributed by atoms with Crippen LogP contribution in [0.25, 0.3) is 0 Å². The molecule has 108 valence electrons. The zero-order valence-electron chi connectivity index (χ0n) is 12.8. The van der Waals surface area contributed by atoms with Gasteiger partial charge in [0.2, 0.25) is 0 Å². The lowest BCUT2D eigenvalue weighted by molar-refractivity contribution is 0.205. The van der Waals surface area contributed by atoms with Crippen molar-refractivity contribution in [3.63, 3.8) is 0 Å². The molecular formula is C14H26N4O. The number of aromatic nitrogens is 2. The molecule has 0 radical (unpaired) electrons. The highest BCUT2D eigenvalue weighted by atomic mass is 16.5. The van der Waals surface area contributed by atoms with Crippen LogP contribution in [0.5, 0.6) is 0 Å². The third-order valence-electron chi connectivity index (χ3n) is 3.12. The Morgan fingerprint density at radius 1 is 1.26 bits per heavy atom. The van der Waals surface area contributed by atoms with Crippen LogP contribution in [0.2, 0.25) is 0 Å². The van der Waals surface area contributed by atoms with Crippen LogP contribution >= 0.6 is 0 Å². The molecule has 0 amide bonds. The second-order valence-electron chi connectivity index (χ2n) is 4.51. The maximum Gasteiger partial charge on any atom is 0.137 e. The summed E-state index contributed by atoms with van der Waals surface area (Å²) in [4.78, 5) is 11.5. The minimum atomic E-state index is 0.704. The minimum absolute atomic E-state index is 0.704. The number of hydrogen-bond acceptors (Lipinski definition) is 5. The maximum atomic E-state index is 5.17. The van der Waals surface area contributed by atoms with Gasteiger partial charge in [-0.1, -0.05) is 6.92 Å². The van der Waals surface area contributed by atoms with E-state index in [-0.39, 0.29) is 0 Å². The second-order valence-corrected chi connectivity index (χ2v) is 4.51. The zero-order valence-corrected chi connectivity index (χ0v) is 12.8. The first kappa shape index (κ1) is 15.7. The molecule has 0 atom stereocenters. The number of rotatable bonds is 8. The summed E-state index contributed by atoms with van der Waals surface area (Å²) in [6.07, 6.45) is 1.96. The van der Waals surface area contributed by atoms with Crippen molar-refractivity contribution in [2.24, 2.45) is 0 Å². The number of nitrogens with one attached hydrogen (secondary N) is 1. The molecule has 0 saturated heterocycles. The van der Waals surface area contributed by atoms with Crippen LogP contribution in [0.4, 0.5) is 11.6 Å². The van der Waals surface area contributed by atoms with E-state index in [0.717, 1.165) is 49.0 Å². The quantitative estimate of drug-likeness (QED) is 0.782. The molecule has 19 heavy (non-hydrogen) atoms. The minimum Gasteiger partial charge on any atom is -0.383 e.